The summed E-state index contributed by atoms with van der Waals surface area (Å²) in [6.45, 7) is 1.44. The smallest absolute Gasteiger partial charge is 0.325 e. The number of piperidine rings is 1. The van der Waals surface area contributed by atoms with Crippen LogP contribution in [0.4, 0.5) is 0 Å². The van der Waals surface area contributed by atoms with Crippen molar-refractivity contribution in [1.29, 1.82) is 0 Å². The van der Waals surface area contributed by atoms with Gasteiger partial charge < -0.3 is 9.84 Å². The predicted molar refractivity (Wildman–Crippen MR) is 63.6 cm³/mol. The van der Waals surface area contributed by atoms with Crippen LogP contribution in [-0.4, -0.2) is 46.8 Å². The Bertz CT molecular complexity index is 369. The summed E-state index contributed by atoms with van der Waals surface area (Å²) in [5.74, 6) is -0.360. The summed E-state index contributed by atoms with van der Waals surface area (Å²) in [6.07, 6.45) is 2.70. The van der Waals surface area contributed by atoms with Gasteiger partial charge in [0.15, 0.2) is 0 Å². The zero-order valence-corrected chi connectivity index (χ0v) is 10.5. The number of esters is 1. The number of thiazole rings is 1. The van der Waals surface area contributed by atoms with Crippen LogP contribution in [0.25, 0.3) is 0 Å². The van der Waals surface area contributed by atoms with Crippen molar-refractivity contribution in [3.8, 4) is 0 Å². The molecule has 94 valence electrons. The second kappa shape index (κ2) is 5.57. The number of aromatic nitrogens is 1. The zero-order chi connectivity index (χ0) is 12.3. The average molecular weight is 256 g/mol. The van der Waals surface area contributed by atoms with E-state index in [1.165, 1.54) is 7.11 Å². The van der Waals surface area contributed by atoms with Gasteiger partial charge in [-0.2, -0.15) is 0 Å². The fourth-order valence-corrected chi connectivity index (χ4v) is 2.79. The van der Waals surface area contributed by atoms with Gasteiger partial charge in [-0.25, -0.2) is 0 Å². The zero-order valence-electron chi connectivity index (χ0n) is 9.70. The third-order valence-corrected chi connectivity index (χ3v) is 3.75. The quantitative estimate of drug-likeness (QED) is 0.804. The third-order valence-electron chi connectivity index (χ3n) is 2.99. The summed E-state index contributed by atoms with van der Waals surface area (Å²) in [5.41, 5.74) is 1.77. The molecule has 1 aromatic heterocycles. The van der Waals surface area contributed by atoms with Crippen LogP contribution in [-0.2, 0) is 16.1 Å². The molecule has 0 aliphatic carbocycles. The van der Waals surface area contributed by atoms with Gasteiger partial charge in [0, 0.05) is 17.6 Å². The molecule has 1 aromatic rings. The molecular formula is C11H16N2O3S. The maximum Gasteiger partial charge on any atom is 0.325 e. The van der Waals surface area contributed by atoms with Gasteiger partial charge in [0.2, 0.25) is 0 Å². The van der Waals surface area contributed by atoms with Crippen LogP contribution in [0.2, 0.25) is 0 Å². The molecule has 5 nitrogen and oxygen atoms in total. The number of hydrogen-bond acceptors (Lipinski definition) is 6. The lowest BCUT2D eigenvalue weighted by Gasteiger charge is -2.36. The number of hydrogen-bond donors (Lipinski definition) is 1. The van der Waals surface area contributed by atoms with Gasteiger partial charge in [0.05, 0.1) is 18.7 Å². The van der Waals surface area contributed by atoms with E-state index in [9.17, 15) is 9.90 Å². The standard InChI is InChI=1S/C11H16N2O3S/c1-16-11(15)10-9(14)3-2-4-13(10)6-8-5-12-7-17-8/h5,7,9-10,14H,2-4,6H2,1H3/t9-,10+/m1/s1. The van der Waals surface area contributed by atoms with E-state index in [0.717, 1.165) is 17.8 Å². The average Bonchev–Trinajstić information content (AvgIpc) is 2.81. The Labute approximate surface area is 104 Å². The Morgan fingerprint density at radius 1 is 1.76 bits per heavy atom. The highest BCUT2D eigenvalue weighted by atomic mass is 32.1. The van der Waals surface area contributed by atoms with E-state index in [2.05, 4.69) is 4.98 Å². The lowest BCUT2D eigenvalue weighted by atomic mass is 9.99. The summed E-state index contributed by atoms with van der Waals surface area (Å²) in [7, 11) is 1.36. The van der Waals surface area contributed by atoms with E-state index in [-0.39, 0.29) is 5.97 Å². The minimum absolute atomic E-state index is 0.360. The lowest BCUT2D eigenvalue weighted by Crippen LogP contribution is -2.52. The molecule has 1 aliphatic heterocycles. The summed E-state index contributed by atoms with van der Waals surface area (Å²) >= 11 is 1.55. The fourth-order valence-electron chi connectivity index (χ4n) is 2.17. The van der Waals surface area contributed by atoms with Crippen LogP contribution in [0.5, 0.6) is 0 Å². The molecule has 0 saturated carbocycles. The first-order valence-corrected chi connectivity index (χ1v) is 6.47. The third kappa shape index (κ3) is 2.83. The van der Waals surface area contributed by atoms with Crippen molar-refractivity contribution in [2.45, 2.75) is 31.5 Å². The number of carbonyl (C=O) groups is 1. The molecule has 0 bridgehead atoms. The van der Waals surface area contributed by atoms with Crippen molar-refractivity contribution in [3.05, 3.63) is 16.6 Å². The Hall–Kier alpha value is -0.980. The van der Waals surface area contributed by atoms with Crippen molar-refractivity contribution >= 4 is 17.3 Å². The Balaban J connectivity index is 2.09. The van der Waals surface area contributed by atoms with Crippen molar-refractivity contribution in [2.24, 2.45) is 0 Å². The maximum atomic E-state index is 11.7. The van der Waals surface area contributed by atoms with E-state index >= 15 is 0 Å². The molecule has 2 rings (SSSR count). The molecule has 0 aromatic carbocycles. The second-order valence-electron chi connectivity index (χ2n) is 4.12. The minimum atomic E-state index is -0.635. The molecular weight excluding hydrogens is 240 g/mol. The number of nitrogens with zero attached hydrogens (tertiary/aromatic N) is 2. The van der Waals surface area contributed by atoms with Crippen molar-refractivity contribution in [3.63, 3.8) is 0 Å². The van der Waals surface area contributed by atoms with Crippen molar-refractivity contribution in [2.75, 3.05) is 13.7 Å². The van der Waals surface area contributed by atoms with Gasteiger partial charge in [-0.1, -0.05) is 0 Å². The summed E-state index contributed by atoms with van der Waals surface area (Å²) in [5, 5.41) is 9.91. The minimum Gasteiger partial charge on any atom is -0.468 e. The molecule has 1 saturated heterocycles. The van der Waals surface area contributed by atoms with E-state index in [4.69, 9.17) is 4.74 Å². The molecule has 0 unspecified atom stereocenters. The lowest BCUT2D eigenvalue weighted by molar-refractivity contribution is -0.154. The molecule has 1 aliphatic rings. The van der Waals surface area contributed by atoms with Gasteiger partial charge in [-0.05, 0) is 19.4 Å². The molecule has 17 heavy (non-hydrogen) atoms. The summed E-state index contributed by atoms with van der Waals surface area (Å²) in [6, 6.07) is -0.546. The predicted octanol–water partition coefficient (Wildman–Crippen LogP) is 0.641. The maximum absolute atomic E-state index is 11.7. The summed E-state index contributed by atoms with van der Waals surface area (Å²) < 4.78 is 4.76. The number of aliphatic hydroxyl groups is 1. The van der Waals surface area contributed by atoms with Gasteiger partial charge in [-0.3, -0.25) is 14.7 Å². The Morgan fingerprint density at radius 3 is 3.24 bits per heavy atom. The van der Waals surface area contributed by atoms with Crippen molar-refractivity contribution in [1.82, 2.24) is 9.88 Å². The largest absolute Gasteiger partial charge is 0.468 e. The van der Waals surface area contributed by atoms with Crippen LogP contribution in [0.1, 0.15) is 17.7 Å². The van der Waals surface area contributed by atoms with Crippen LogP contribution in [0, 0.1) is 0 Å². The SMILES string of the molecule is COC(=O)[C@@H]1[C@H](O)CCCN1Cc1cncs1. The van der Waals surface area contributed by atoms with E-state index in [0.29, 0.717) is 13.0 Å². The topological polar surface area (TPSA) is 62.7 Å². The fraction of sp³-hybridized carbons (Fsp3) is 0.636. The second-order valence-corrected chi connectivity index (χ2v) is 5.09. The van der Waals surface area contributed by atoms with Crippen LogP contribution >= 0.6 is 11.3 Å². The first-order valence-electron chi connectivity index (χ1n) is 5.59. The first kappa shape index (κ1) is 12.5. The van der Waals surface area contributed by atoms with Crippen LogP contribution in [0.15, 0.2) is 11.7 Å². The Morgan fingerprint density at radius 2 is 2.59 bits per heavy atom. The normalized spacial score (nSPS) is 25.8. The number of carbonyl (C=O) groups excluding carboxylic acids is 1. The number of rotatable bonds is 3. The number of aliphatic hydroxyl groups excluding tert-OH is 1. The molecule has 1 fully saturated rings. The number of likely N-dealkylation sites (tertiary alicyclic amines) is 1. The van der Waals surface area contributed by atoms with E-state index in [1.54, 1.807) is 23.0 Å². The molecule has 0 amide bonds. The van der Waals surface area contributed by atoms with Crippen LogP contribution in [0.3, 0.4) is 0 Å². The molecule has 2 heterocycles. The van der Waals surface area contributed by atoms with Gasteiger partial charge in [0.1, 0.15) is 6.04 Å². The van der Waals surface area contributed by atoms with Crippen LogP contribution < -0.4 is 0 Å². The number of ether oxygens (including phenoxy) is 1. The molecule has 2 atom stereocenters. The number of methoxy groups -OCH3 is 1. The van der Waals surface area contributed by atoms with Gasteiger partial charge >= 0.3 is 5.97 Å². The molecule has 0 radical (unpaired) electrons. The molecule has 0 spiro atoms. The van der Waals surface area contributed by atoms with Gasteiger partial charge in [0.25, 0.3) is 0 Å². The molecule has 6 heteroatoms. The highest BCUT2D eigenvalue weighted by Crippen LogP contribution is 2.22. The highest BCUT2D eigenvalue weighted by molar-refractivity contribution is 7.09. The Kier molecular flexibility index (Phi) is 4.09. The first-order chi connectivity index (χ1) is 8.22. The van der Waals surface area contributed by atoms with E-state index < -0.39 is 12.1 Å². The summed E-state index contributed by atoms with van der Waals surface area (Å²) in [4.78, 5) is 18.7. The highest BCUT2D eigenvalue weighted by Gasteiger charge is 2.36. The van der Waals surface area contributed by atoms with E-state index in [1.807, 2.05) is 4.90 Å². The molecule has 1 N–H and O–H groups in total. The van der Waals surface area contributed by atoms with Crippen molar-refractivity contribution < 1.29 is 14.6 Å². The monoisotopic (exact) mass is 256 g/mol. The van der Waals surface area contributed by atoms with Gasteiger partial charge in [-0.15, -0.1) is 11.3 Å².